The molecule has 4 nitrogen and oxygen atoms in total. The Balaban J connectivity index is 1.49. The van der Waals surface area contributed by atoms with E-state index in [9.17, 15) is 10.2 Å². The van der Waals surface area contributed by atoms with E-state index in [1.807, 2.05) is 0 Å². The molecule has 1 saturated heterocycles. The van der Waals surface area contributed by atoms with Gasteiger partial charge in [0, 0.05) is 13.0 Å². The van der Waals surface area contributed by atoms with Gasteiger partial charge in [0.25, 0.3) is 0 Å². The standard InChI is InChI=1S/C24H37NO3/c1-14-10-15-11-16(26)4-6-23(15,2)17-5-7-24(3)18(21(14)17)12-20(27)22(24)19-13-28-9-8-25-19/h10,14,16-19,21,25-27H,4-9,11-13H2,1-3H3/t14?,16?,17-,18+,19?,21-,23+,24+/m1/s1. The summed E-state index contributed by atoms with van der Waals surface area (Å²) in [5.74, 6) is 2.97. The summed E-state index contributed by atoms with van der Waals surface area (Å²) in [6, 6.07) is 0.172. The summed E-state index contributed by atoms with van der Waals surface area (Å²) < 4.78 is 5.75. The highest BCUT2D eigenvalue weighted by Crippen LogP contribution is 2.67. The number of allylic oxidation sites excluding steroid dienone is 2. The molecule has 0 spiro atoms. The van der Waals surface area contributed by atoms with Gasteiger partial charge in [-0.25, -0.2) is 0 Å². The second-order valence-electron chi connectivity index (χ2n) is 10.8. The second-order valence-corrected chi connectivity index (χ2v) is 10.8. The van der Waals surface area contributed by atoms with Crippen molar-refractivity contribution in [1.82, 2.24) is 5.32 Å². The number of aliphatic hydroxyl groups is 2. The lowest BCUT2D eigenvalue weighted by atomic mass is 9.45. The van der Waals surface area contributed by atoms with Crippen molar-refractivity contribution in [3.05, 3.63) is 23.0 Å². The summed E-state index contributed by atoms with van der Waals surface area (Å²) in [5, 5.41) is 24.9. The molecule has 4 heteroatoms. The number of rotatable bonds is 1. The minimum atomic E-state index is -0.155. The topological polar surface area (TPSA) is 61.7 Å². The minimum Gasteiger partial charge on any atom is -0.512 e. The molecule has 0 radical (unpaired) electrons. The molecule has 2 saturated carbocycles. The van der Waals surface area contributed by atoms with Crippen LogP contribution in [0.3, 0.4) is 0 Å². The van der Waals surface area contributed by atoms with Crippen LogP contribution >= 0.6 is 0 Å². The molecule has 3 unspecified atom stereocenters. The van der Waals surface area contributed by atoms with E-state index in [1.165, 1.54) is 17.6 Å². The van der Waals surface area contributed by atoms with Gasteiger partial charge in [0.05, 0.1) is 31.1 Å². The first-order valence-electron chi connectivity index (χ1n) is 11.5. The van der Waals surface area contributed by atoms with E-state index in [-0.39, 0.29) is 23.0 Å². The SMILES string of the molecule is CC1C=C2CC(O)CC[C@]2(C)[C@@H]2CC[C@]3(C)C(C4COCCN4)=C(O)C[C@H]3[C@H]12. The maximum atomic E-state index is 11.1. The van der Waals surface area contributed by atoms with Crippen LogP contribution in [0.5, 0.6) is 0 Å². The molecule has 1 aliphatic heterocycles. The average molecular weight is 388 g/mol. The van der Waals surface area contributed by atoms with Crippen molar-refractivity contribution < 1.29 is 14.9 Å². The Morgan fingerprint density at radius 1 is 1.11 bits per heavy atom. The van der Waals surface area contributed by atoms with Gasteiger partial charge in [-0.15, -0.1) is 0 Å². The van der Waals surface area contributed by atoms with Gasteiger partial charge >= 0.3 is 0 Å². The van der Waals surface area contributed by atoms with Crippen molar-refractivity contribution in [2.45, 2.75) is 71.4 Å². The number of morpholine rings is 1. The summed E-state index contributed by atoms with van der Waals surface area (Å²) in [6.45, 7) is 9.60. The van der Waals surface area contributed by atoms with Crippen LogP contribution < -0.4 is 5.32 Å². The number of hydrogen-bond acceptors (Lipinski definition) is 4. The van der Waals surface area contributed by atoms with E-state index in [4.69, 9.17) is 4.74 Å². The summed E-state index contributed by atoms with van der Waals surface area (Å²) in [7, 11) is 0. The van der Waals surface area contributed by atoms with Crippen LogP contribution in [0, 0.1) is 34.5 Å². The zero-order valence-corrected chi connectivity index (χ0v) is 17.7. The molecule has 28 heavy (non-hydrogen) atoms. The molecule has 156 valence electrons. The first-order chi connectivity index (χ1) is 13.3. The van der Waals surface area contributed by atoms with Gasteiger partial charge < -0.3 is 20.3 Å². The fourth-order valence-electron chi connectivity index (χ4n) is 8.03. The molecule has 0 aromatic carbocycles. The smallest absolute Gasteiger partial charge is 0.0940 e. The highest BCUT2D eigenvalue weighted by Gasteiger charge is 2.60. The average Bonchev–Trinajstić information content (AvgIpc) is 2.94. The predicted molar refractivity (Wildman–Crippen MR) is 110 cm³/mol. The van der Waals surface area contributed by atoms with Crippen molar-refractivity contribution in [2.75, 3.05) is 19.8 Å². The number of aliphatic hydroxyl groups excluding tert-OH is 2. The van der Waals surface area contributed by atoms with Crippen LogP contribution in [-0.4, -0.2) is 42.1 Å². The third-order valence-electron chi connectivity index (χ3n) is 9.41. The van der Waals surface area contributed by atoms with Gasteiger partial charge in [0.1, 0.15) is 0 Å². The Hall–Kier alpha value is -0.840. The van der Waals surface area contributed by atoms with Gasteiger partial charge in [-0.1, -0.05) is 32.4 Å². The Labute approximate surface area is 169 Å². The quantitative estimate of drug-likeness (QED) is 0.596. The van der Waals surface area contributed by atoms with Gasteiger partial charge in [0.15, 0.2) is 0 Å². The monoisotopic (exact) mass is 387 g/mol. The van der Waals surface area contributed by atoms with E-state index < -0.39 is 0 Å². The van der Waals surface area contributed by atoms with Gasteiger partial charge in [0.2, 0.25) is 0 Å². The van der Waals surface area contributed by atoms with E-state index in [1.54, 1.807) is 0 Å². The second kappa shape index (κ2) is 6.58. The number of fused-ring (bicyclic) bond motifs is 5. The van der Waals surface area contributed by atoms with E-state index in [0.29, 0.717) is 36.0 Å². The third-order valence-corrected chi connectivity index (χ3v) is 9.41. The van der Waals surface area contributed by atoms with Crippen molar-refractivity contribution in [3.63, 3.8) is 0 Å². The van der Waals surface area contributed by atoms with Crippen LogP contribution in [0.1, 0.15) is 59.3 Å². The molecule has 1 heterocycles. The Morgan fingerprint density at radius 2 is 1.89 bits per heavy atom. The zero-order valence-electron chi connectivity index (χ0n) is 17.7. The fraction of sp³-hybridized carbons (Fsp3) is 0.833. The largest absolute Gasteiger partial charge is 0.512 e. The van der Waals surface area contributed by atoms with Gasteiger partial charge in [-0.3, -0.25) is 0 Å². The first kappa shape index (κ1) is 19.1. The third kappa shape index (κ3) is 2.60. The molecule has 0 amide bonds. The summed E-state index contributed by atoms with van der Waals surface area (Å²) in [6.07, 6.45) is 8.49. The van der Waals surface area contributed by atoms with Crippen molar-refractivity contribution in [2.24, 2.45) is 34.5 Å². The van der Waals surface area contributed by atoms with Crippen LogP contribution in [-0.2, 0) is 4.74 Å². The fourth-order valence-corrected chi connectivity index (χ4v) is 8.03. The lowest BCUT2D eigenvalue weighted by Crippen LogP contribution is -2.54. The zero-order chi connectivity index (χ0) is 19.7. The molecule has 8 atom stereocenters. The lowest BCUT2D eigenvalue weighted by Gasteiger charge is -2.59. The molecular formula is C24H37NO3. The minimum absolute atomic E-state index is 0.0771. The lowest BCUT2D eigenvalue weighted by molar-refractivity contribution is -0.0517. The molecule has 3 fully saturated rings. The molecular weight excluding hydrogens is 350 g/mol. The molecule has 5 rings (SSSR count). The summed E-state index contributed by atoms with van der Waals surface area (Å²) in [4.78, 5) is 0. The van der Waals surface area contributed by atoms with E-state index >= 15 is 0 Å². The molecule has 3 N–H and O–H groups in total. The first-order valence-corrected chi connectivity index (χ1v) is 11.5. The summed E-state index contributed by atoms with van der Waals surface area (Å²) >= 11 is 0. The van der Waals surface area contributed by atoms with E-state index in [2.05, 4.69) is 32.2 Å². The van der Waals surface area contributed by atoms with E-state index in [0.717, 1.165) is 45.3 Å². The summed E-state index contributed by atoms with van der Waals surface area (Å²) in [5.41, 5.74) is 3.08. The number of hydrogen-bond donors (Lipinski definition) is 3. The van der Waals surface area contributed by atoms with Gasteiger partial charge in [-0.2, -0.15) is 0 Å². The van der Waals surface area contributed by atoms with Crippen LogP contribution in [0.25, 0.3) is 0 Å². The molecule has 0 bridgehead atoms. The molecule has 0 aromatic rings. The molecule has 0 aromatic heterocycles. The van der Waals surface area contributed by atoms with Crippen molar-refractivity contribution >= 4 is 0 Å². The molecule has 4 aliphatic carbocycles. The van der Waals surface area contributed by atoms with Crippen LogP contribution in [0.2, 0.25) is 0 Å². The maximum Gasteiger partial charge on any atom is 0.0940 e. The van der Waals surface area contributed by atoms with Crippen molar-refractivity contribution in [3.8, 4) is 0 Å². The Morgan fingerprint density at radius 3 is 2.64 bits per heavy atom. The highest BCUT2D eigenvalue weighted by molar-refractivity contribution is 5.35. The number of nitrogens with one attached hydrogen (secondary N) is 1. The Bertz CT molecular complexity index is 709. The van der Waals surface area contributed by atoms with Gasteiger partial charge in [-0.05, 0) is 72.2 Å². The van der Waals surface area contributed by atoms with Crippen molar-refractivity contribution in [1.29, 1.82) is 0 Å². The van der Waals surface area contributed by atoms with Crippen LogP contribution in [0.4, 0.5) is 0 Å². The maximum absolute atomic E-state index is 11.1. The predicted octanol–water partition coefficient (Wildman–Crippen LogP) is 3.97. The van der Waals surface area contributed by atoms with Crippen LogP contribution in [0.15, 0.2) is 23.0 Å². The molecule has 5 aliphatic rings. The Kier molecular flexibility index (Phi) is 4.50. The highest BCUT2D eigenvalue weighted by atomic mass is 16.5. The number of ether oxygens (including phenoxy) is 1. The normalized spacial score (nSPS) is 51.2.